The monoisotopic (exact) mass is 452 g/mol. The Morgan fingerprint density at radius 3 is 2.06 bits per heavy atom. The first-order valence-corrected chi connectivity index (χ1v) is 13.8. The Hall–Kier alpha value is -0.570. The Bertz CT molecular complexity index is 521. The minimum absolute atomic E-state index is 0. The van der Waals surface area contributed by atoms with E-state index in [-0.39, 0.29) is 13.3 Å². The highest BCUT2D eigenvalue weighted by atomic mass is 16.1. The molecule has 0 aliphatic heterocycles. The highest BCUT2D eigenvalue weighted by Gasteiger charge is 2.59. The normalized spacial score (nSPS) is 38.9. The van der Waals surface area contributed by atoms with Gasteiger partial charge in [0.25, 0.3) is 0 Å². The summed E-state index contributed by atoms with van der Waals surface area (Å²) in [5, 5.41) is 0. The van der Waals surface area contributed by atoms with Gasteiger partial charge in [0.1, 0.15) is 0 Å². The molecule has 0 aromatic rings. The number of carbonyl (C=O) groups is 1. The molecule has 7 atom stereocenters. The minimum atomic E-state index is -0.119. The van der Waals surface area contributed by atoms with Gasteiger partial charge in [-0.05, 0) is 112 Å². The first kappa shape index (κ1) is 31.4. The fourth-order valence-corrected chi connectivity index (χ4v) is 8.40. The molecule has 4 aliphatic carbocycles. The van der Waals surface area contributed by atoms with Gasteiger partial charge in [-0.3, -0.25) is 4.79 Å². The fraction of sp³-hybridized carbons (Fsp3) is 0.966. The molecule has 0 spiro atoms. The molecule has 0 bridgehead atoms. The van der Waals surface area contributed by atoms with E-state index < -0.39 is 0 Å². The number of primary amides is 1. The van der Waals surface area contributed by atoms with Crippen molar-refractivity contribution in [3.8, 4) is 0 Å². The Balaban J connectivity index is 0.00000127. The van der Waals surface area contributed by atoms with Crippen LogP contribution in [0.15, 0.2) is 0 Å². The smallest absolute Gasteiger partial charge is 0.217 e. The van der Waals surface area contributed by atoms with E-state index in [1.54, 1.807) is 0 Å². The second kappa shape index (κ2) is 14.6. The highest BCUT2D eigenvalue weighted by Crippen LogP contribution is 2.67. The van der Waals surface area contributed by atoms with E-state index in [0.717, 1.165) is 36.0 Å². The van der Waals surface area contributed by atoms with Crippen LogP contribution in [0.2, 0.25) is 0 Å². The van der Waals surface area contributed by atoms with Crippen molar-refractivity contribution in [2.45, 2.75) is 132 Å². The van der Waals surface area contributed by atoms with Crippen LogP contribution < -0.4 is 11.5 Å². The zero-order chi connectivity index (χ0) is 23.7. The lowest BCUT2D eigenvalue weighted by molar-refractivity contribution is -0.118. The number of hydrogen-bond donors (Lipinski definition) is 2. The molecule has 3 heteroatoms. The van der Waals surface area contributed by atoms with Gasteiger partial charge in [0, 0.05) is 6.42 Å². The van der Waals surface area contributed by atoms with E-state index in [1.807, 2.05) is 27.7 Å². The summed E-state index contributed by atoms with van der Waals surface area (Å²) >= 11 is 0. The largest absolute Gasteiger partial charge is 0.370 e. The van der Waals surface area contributed by atoms with Gasteiger partial charge in [-0.1, -0.05) is 61.8 Å². The van der Waals surface area contributed by atoms with Gasteiger partial charge in [-0.2, -0.15) is 0 Å². The van der Waals surface area contributed by atoms with Gasteiger partial charge in [0.2, 0.25) is 5.91 Å². The molecule has 0 radical (unpaired) electrons. The zero-order valence-electron chi connectivity index (χ0n) is 22.1. The highest BCUT2D eigenvalue weighted by molar-refractivity contribution is 5.73. The number of rotatable bonds is 4. The van der Waals surface area contributed by atoms with Crippen LogP contribution in [0.1, 0.15) is 132 Å². The maximum Gasteiger partial charge on any atom is 0.217 e. The number of amides is 1. The van der Waals surface area contributed by atoms with Crippen molar-refractivity contribution < 1.29 is 4.79 Å². The molecule has 0 aromatic carbocycles. The molecule has 4 saturated carbocycles. The summed E-state index contributed by atoms with van der Waals surface area (Å²) < 4.78 is 0. The molecule has 32 heavy (non-hydrogen) atoms. The summed E-state index contributed by atoms with van der Waals surface area (Å²) in [6, 6.07) is 0. The van der Waals surface area contributed by atoms with Gasteiger partial charge in [-0.25, -0.2) is 0 Å². The Kier molecular flexibility index (Phi) is 14.4. The SMILES string of the molecule is C.CC.CC.CC12CCCCC1CCC1C2CCC2(C)C(CCCC(N)=O)CCC12.CN. The van der Waals surface area contributed by atoms with Gasteiger partial charge in [0.15, 0.2) is 0 Å². The van der Waals surface area contributed by atoms with Gasteiger partial charge in [0.05, 0.1) is 0 Å². The number of fused-ring (bicyclic) bond motifs is 5. The first-order chi connectivity index (χ1) is 14.9. The molecule has 4 rings (SSSR count). The number of carbonyl (C=O) groups excluding carboxylic acids is 1. The molecule has 0 aromatic heterocycles. The quantitative estimate of drug-likeness (QED) is 0.454. The zero-order valence-corrected chi connectivity index (χ0v) is 22.1. The summed E-state index contributed by atoms with van der Waals surface area (Å²) in [6.45, 7) is 13.3. The van der Waals surface area contributed by atoms with E-state index >= 15 is 0 Å². The molecule has 3 nitrogen and oxygen atoms in total. The van der Waals surface area contributed by atoms with Gasteiger partial charge < -0.3 is 11.5 Å². The first-order valence-electron chi connectivity index (χ1n) is 13.8. The van der Waals surface area contributed by atoms with Crippen LogP contribution in [0.3, 0.4) is 0 Å². The van der Waals surface area contributed by atoms with Gasteiger partial charge in [-0.15, -0.1) is 0 Å². The third-order valence-corrected chi connectivity index (χ3v) is 9.76. The Morgan fingerprint density at radius 2 is 1.44 bits per heavy atom. The summed E-state index contributed by atoms with van der Waals surface area (Å²) in [7, 11) is 1.50. The summed E-state index contributed by atoms with van der Waals surface area (Å²) in [5.74, 6) is 4.72. The second-order valence-corrected chi connectivity index (χ2v) is 10.6. The molecule has 1 amide bonds. The molecule has 7 unspecified atom stereocenters. The topological polar surface area (TPSA) is 69.1 Å². The van der Waals surface area contributed by atoms with Crippen LogP contribution in [0.25, 0.3) is 0 Å². The van der Waals surface area contributed by atoms with Crippen molar-refractivity contribution >= 4 is 5.91 Å². The molecule has 192 valence electrons. The van der Waals surface area contributed by atoms with Crippen LogP contribution >= 0.6 is 0 Å². The molecule has 4 fully saturated rings. The van der Waals surface area contributed by atoms with Crippen LogP contribution in [0.4, 0.5) is 0 Å². The van der Waals surface area contributed by atoms with Crippen molar-refractivity contribution in [3.05, 3.63) is 0 Å². The van der Waals surface area contributed by atoms with Crippen LogP contribution in [0.5, 0.6) is 0 Å². The van der Waals surface area contributed by atoms with Crippen LogP contribution in [-0.2, 0) is 4.79 Å². The number of nitrogens with two attached hydrogens (primary N) is 2. The standard InChI is InChI=1S/C23H39NO.2C2H6.CH5N.CH4/c1-22-14-4-3-6-16(22)9-11-18-19-12-10-17(7-5-8-21(24)25)23(19,2)15-13-20(18)22;3*1-2;/h16-20H,3-15H2,1-2H3,(H2,24,25);2*1-2H3;2H2,1H3;1H4. The van der Waals surface area contributed by atoms with Crippen molar-refractivity contribution in [3.63, 3.8) is 0 Å². The Morgan fingerprint density at radius 1 is 0.812 bits per heavy atom. The average molecular weight is 453 g/mol. The van der Waals surface area contributed by atoms with Gasteiger partial charge >= 0.3 is 0 Å². The molecular formula is C29H60N2O. The van der Waals surface area contributed by atoms with Crippen molar-refractivity contribution in [1.29, 1.82) is 0 Å². The number of hydrogen-bond acceptors (Lipinski definition) is 2. The molecular weight excluding hydrogens is 392 g/mol. The molecule has 4 aliphatic rings. The molecule has 0 heterocycles. The molecule has 4 N–H and O–H groups in total. The maximum atomic E-state index is 11.1. The summed E-state index contributed by atoms with van der Waals surface area (Å²) in [6.07, 6.45) is 17.6. The van der Waals surface area contributed by atoms with Crippen molar-refractivity contribution in [1.82, 2.24) is 0 Å². The van der Waals surface area contributed by atoms with E-state index in [0.29, 0.717) is 17.3 Å². The van der Waals surface area contributed by atoms with Crippen LogP contribution in [0, 0.1) is 40.4 Å². The second-order valence-electron chi connectivity index (χ2n) is 10.6. The lowest BCUT2D eigenvalue weighted by Crippen LogP contribution is -2.52. The van der Waals surface area contributed by atoms with Crippen molar-refractivity contribution in [2.75, 3.05) is 7.05 Å². The van der Waals surface area contributed by atoms with Crippen molar-refractivity contribution in [2.24, 2.45) is 51.9 Å². The maximum absolute atomic E-state index is 11.1. The van der Waals surface area contributed by atoms with E-state index in [9.17, 15) is 4.79 Å². The Labute approximate surface area is 202 Å². The lowest BCUT2D eigenvalue weighted by Gasteiger charge is -2.60. The predicted molar refractivity (Wildman–Crippen MR) is 142 cm³/mol. The summed E-state index contributed by atoms with van der Waals surface area (Å²) in [5.41, 5.74) is 11.1. The summed E-state index contributed by atoms with van der Waals surface area (Å²) in [4.78, 5) is 11.1. The molecule has 0 saturated heterocycles. The van der Waals surface area contributed by atoms with E-state index in [2.05, 4.69) is 19.6 Å². The van der Waals surface area contributed by atoms with E-state index in [1.165, 1.54) is 77.7 Å². The third kappa shape index (κ3) is 6.30. The average Bonchev–Trinajstić information content (AvgIpc) is 3.14. The van der Waals surface area contributed by atoms with E-state index in [4.69, 9.17) is 5.73 Å². The predicted octanol–water partition coefficient (Wildman–Crippen LogP) is 7.95. The third-order valence-electron chi connectivity index (χ3n) is 9.76. The van der Waals surface area contributed by atoms with Crippen LogP contribution in [-0.4, -0.2) is 13.0 Å². The lowest BCUT2D eigenvalue weighted by atomic mass is 9.45. The fourth-order valence-electron chi connectivity index (χ4n) is 8.40. The minimum Gasteiger partial charge on any atom is -0.370 e.